The van der Waals surface area contributed by atoms with Crippen LogP contribution in [0.1, 0.15) is 85.1 Å². The van der Waals surface area contributed by atoms with Crippen molar-refractivity contribution in [2.45, 2.75) is 75.0 Å². The maximum Gasteiger partial charge on any atom is 0.129 e. The van der Waals surface area contributed by atoms with Gasteiger partial charge in [-0.15, -0.1) is 22.7 Å². The number of nitrogens with zero attached hydrogens (tertiary/aromatic N) is 4. The maximum atomic E-state index is 9.44. The zero-order chi connectivity index (χ0) is 24.9. The van der Waals surface area contributed by atoms with E-state index in [4.69, 9.17) is 0 Å². The van der Waals surface area contributed by atoms with Crippen molar-refractivity contribution in [1.29, 1.82) is 21.0 Å². The third-order valence-corrected chi connectivity index (χ3v) is 11.1. The molecule has 4 aliphatic rings. The molecule has 2 heterocycles. The van der Waals surface area contributed by atoms with Gasteiger partial charge in [0.25, 0.3) is 0 Å². The topological polar surface area (TPSA) is 95.2 Å². The molecular weight excluding hydrogens is 480 g/mol. The molecule has 2 fully saturated rings. The smallest absolute Gasteiger partial charge is 0.129 e. The van der Waals surface area contributed by atoms with Gasteiger partial charge in [-0.1, -0.05) is 38.5 Å². The number of hydrogen-bond donors (Lipinski definition) is 0. The fraction of sp³-hybridized carbons (Fsp3) is 0.400. The lowest BCUT2D eigenvalue weighted by Gasteiger charge is -2.37. The van der Waals surface area contributed by atoms with Crippen molar-refractivity contribution < 1.29 is 0 Å². The molecule has 6 heteroatoms. The molecule has 0 N–H and O–H groups in total. The molecule has 2 spiro atoms. The molecule has 4 aliphatic carbocycles. The van der Waals surface area contributed by atoms with Crippen molar-refractivity contribution in [2.75, 3.05) is 0 Å². The summed E-state index contributed by atoms with van der Waals surface area (Å²) in [6.07, 6.45) is 19.5. The van der Waals surface area contributed by atoms with Crippen LogP contribution in [0.25, 0.3) is 21.6 Å². The summed E-state index contributed by atoms with van der Waals surface area (Å²) >= 11 is 3.73. The highest BCUT2D eigenvalue weighted by Crippen LogP contribution is 2.63. The van der Waals surface area contributed by atoms with E-state index in [1.54, 1.807) is 0 Å². The van der Waals surface area contributed by atoms with Crippen LogP contribution >= 0.6 is 22.7 Å². The van der Waals surface area contributed by atoms with Crippen LogP contribution in [-0.4, -0.2) is 0 Å². The first kappa shape index (κ1) is 23.0. The summed E-state index contributed by atoms with van der Waals surface area (Å²) in [6, 6.07) is 8.25. The van der Waals surface area contributed by atoms with Crippen LogP contribution in [0.2, 0.25) is 0 Å². The monoisotopic (exact) mass is 504 g/mol. The number of nitriles is 4. The van der Waals surface area contributed by atoms with Gasteiger partial charge in [-0.3, -0.25) is 0 Å². The number of allylic oxidation sites excluding steroid dienone is 6. The quantitative estimate of drug-likeness (QED) is 0.386. The highest BCUT2D eigenvalue weighted by atomic mass is 32.1. The van der Waals surface area contributed by atoms with E-state index in [2.05, 4.69) is 36.4 Å². The molecule has 0 amide bonds. The van der Waals surface area contributed by atoms with Crippen molar-refractivity contribution >= 4 is 44.2 Å². The van der Waals surface area contributed by atoms with Gasteiger partial charge in [0.05, 0.1) is 9.40 Å². The van der Waals surface area contributed by atoms with E-state index in [1.807, 2.05) is 34.8 Å². The average Bonchev–Trinajstić information content (AvgIpc) is 3.59. The first-order valence-corrected chi connectivity index (χ1v) is 14.3. The predicted octanol–water partition coefficient (Wildman–Crippen LogP) is 8.11. The van der Waals surface area contributed by atoms with Crippen LogP contribution in [0.3, 0.4) is 0 Å². The van der Waals surface area contributed by atoms with Gasteiger partial charge in [-0.2, -0.15) is 21.0 Å². The fourth-order valence-corrected chi connectivity index (χ4v) is 10.4. The zero-order valence-corrected chi connectivity index (χ0v) is 21.6. The fourth-order valence-electron chi connectivity index (χ4n) is 7.16. The Morgan fingerprint density at radius 2 is 0.972 bits per heavy atom. The summed E-state index contributed by atoms with van der Waals surface area (Å²) in [4.78, 5) is 2.57. The largest absolute Gasteiger partial charge is 0.192 e. The molecular formula is C30H24N4S2. The summed E-state index contributed by atoms with van der Waals surface area (Å²) in [5.41, 5.74) is 5.26. The second kappa shape index (κ2) is 8.61. The molecule has 0 atom stereocenters. The molecule has 2 saturated carbocycles. The Bertz CT molecular complexity index is 1430. The molecule has 4 nitrogen and oxygen atoms in total. The van der Waals surface area contributed by atoms with Gasteiger partial charge in [-0.05, 0) is 72.3 Å². The predicted molar refractivity (Wildman–Crippen MR) is 144 cm³/mol. The van der Waals surface area contributed by atoms with Gasteiger partial charge in [0.1, 0.15) is 35.4 Å². The van der Waals surface area contributed by atoms with E-state index in [1.165, 1.54) is 43.1 Å². The maximum absolute atomic E-state index is 9.44. The van der Waals surface area contributed by atoms with Crippen LogP contribution < -0.4 is 0 Å². The zero-order valence-electron chi connectivity index (χ0n) is 20.0. The van der Waals surface area contributed by atoms with Crippen molar-refractivity contribution in [2.24, 2.45) is 0 Å². The van der Waals surface area contributed by atoms with Crippen LogP contribution in [0.15, 0.2) is 34.4 Å². The summed E-state index contributed by atoms with van der Waals surface area (Å²) in [5, 5.41) is 37.8. The van der Waals surface area contributed by atoms with Gasteiger partial charge in [0.2, 0.25) is 0 Å². The number of rotatable bonds is 2. The van der Waals surface area contributed by atoms with Crippen molar-refractivity contribution in [3.05, 3.63) is 55.3 Å². The Morgan fingerprint density at radius 1 is 0.611 bits per heavy atom. The van der Waals surface area contributed by atoms with Crippen LogP contribution in [0, 0.1) is 45.3 Å². The lowest BCUT2D eigenvalue weighted by molar-refractivity contribution is 0.352. The lowest BCUT2D eigenvalue weighted by Crippen LogP contribution is -2.29. The minimum atomic E-state index is -0.107. The lowest BCUT2D eigenvalue weighted by atomic mass is 9.66. The van der Waals surface area contributed by atoms with Crippen molar-refractivity contribution in [3.63, 3.8) is 0 Å². The number of hydrogen-bond acceptors (Lipinski definition) is 6. The number of thiophene rings is 2. The molecule has 0 bridgehead atoms. The minimum Gasteiger partial charge on any atom is -0.192 e. The van der Waals surface area contributed by atoms with Crippen LogP contribution in [-0.2, 0) is 10.8 Å². The number of fused-ring (bicyclic) bond motifs is 7. The molecule has 0 saturated heterocycles. The highest BCUT2D eigenvalue weighted by molar-refractivity contribution is 7.29. The molecule has 0 radical (unpaired) electrons. The molecule has 0 aliphatic heterocycles. The first-order chi connectivity index (χ1) is 17.6. The molecule has 36 heavy (non-hydrogen) atoms. The molecule has 176 valence electrons. The van der Waals surface area contributed by atoms with E-state index in [9.17, 15) is 21.0 Å². The van der Waals surface area contributed by atoms with E-state index in [0.717, 1.165) is 62.5 Å². The Balaban J connectivity index is 1.56. The van der Waals surface area contributed by atoms with E-state index in [-0.39, 0.29) is 22.0 Å². The minimum absolute atomic E-state index is 0.107. The third kappa shape index (κ3) is 3.12. The molecule has 0 aromatic carbocycles. The van der Waals surface area contributed by atoms with Crippen molar-refractivity contribution in [1.82, 2.24) is 0 Å². The van der Waals surface area contributed by atoms with Crippen LogP contribution in [0.5, 0.6) is 0 Å². The SMILES string of the molecule is N#CC(C#N)=CC1=Cc2sc3c4c(sc3c2C12CCCCC2)C=C(C=C(C#N)C#N)C41CCCCC1. The van der Waals surface area contributed by atoms with Gasteiger partial charge >= 0.3 is 0 Å². The summed E-state index contributed by atoms with van der Waals surface area (Å²) in [7, 11) is 0. The Morgan fingerprint density at radius 3 is 1.31 bits per heavy atom. The summed E-state index contributed by atoms with van der Waals surface area (Å²) in [6.45, 7) is 0. The molecule has 6 rings (SSSR count). The van der Waals surface area contributed by atoms with E-state index in [0.29, 0.717) is 0 Å². The van der Waals surface area contributed by atoms with Crippen molar-refractivity contribution in [3.8, 4) is 24.3 Å². The summed E-state index contributed by atoms with van der Waals surface area (Å²) in [5.74, 6) is 0. The van der Waals surface area contributed by atoms with Gasteiger partial charge < -0.3 is 0 Å². The second-order valence-electron chi connectivity index (χ2n) is 10.4. The van der Waals surface area contributed by atoms with Gasteiger partial charge in [0, 0.05) is 20.6 Å². The standard InChI is InChI=1S/C30H24N4S2/c31-15-19(16-32)11-21-13-23-25(29(21)7-3-1-4-8-29)27-28(35-23)26-24(36-27)14-22(12-20(17-33)18-34)30(26)9-5-2-6-10-30/h11-14H,1-10H2. The van der Waals surface area contributed by atoms with Crippen LogP contribution in [0.4, 0.5) is 0 Å². The molecule has 0 unspecified atom stereocenters. The van der Waals surface area contributed by atoms with Gasteiger partial charge in [0.15, 0.2) is 0 Å². The molecule has 2 aromatic heterocycles. The highest BCUT2D eigenvalue weighted by Gasteiger charge is 2.49. The normalized spacial score (nSPS) is 20.3. The Labute approximate surface area is 219 Å². The Kier molecular flexibility index (Phi) is 5.50. The first-order valence-electron chi connectivity index (χ1n) is 12.7. The van der Waals surface area contributed by atoms with E-state index < -0.39 is 0 Å². The summed E-state index contributed by atoms with van der Waals surface area (Å²) < 4.78 is 2.75. The average molecular weight is 505 g/mol. The molecule has 2 aromatic rings. The second-order valence-corrected chi connectivity index (χ2v) is 12.5. The van der Waals surface area contributed by atoms with Gasteiger partial charge in [-0.25, -0.2) is 0 Å². The third-order valence-electron chi connectivity index (χ3n) is 8.71. The van der Waals surface area contributed by atoms with E-state index >= 15 is 0 Å². The Hall–Kier alpha value is -3.42.